The Morgan fingerprint density at radius 2 is 2.30 bits per heavy atom. The summed E-state index contributed by atoms with van der Waals surface area (Å²) in [4.78, 5) is 14.3. The number of aryl methyl sites for hydroxylation is 2. The molecule has 2 aromatic rings. The van der Waals surface area contributed by atoms with Crippen molar-refractivity contribution in [1.29, 1.82) is 0 Å². The van der Waals surface area contributed by atoms with Gasteiger partial charge in [0.15, 0.2) is 0 Å². The van der Waals surface area contributed by atoms with Crippen LogP contribution in [-0.4, -0.2) is 44.3 Å². The second-order valence-corrected chi connectivity index (χ2v) is 6.48. The van der Waals surface area contributed by atoms with Crippen molar-refractivity contribution in [2.45, 2.75) is 51.9 Å². The van der Waals surface area contributed by atoms with Crippen LogP contribution >= 0.6 is 0 Å². The fourth-order valence-electron chi connectivity index (χ4n) is 2.96. The lowest BCUT2D eigenvalue weighted by Crippen LogP contribution is -2.28. The first kappa shape index (κ1) is 15.7. The lowest BCUT2D eigenvalue weighted by atomic mass is 10.0. The fraction of sp³-hybridized carbons (Fsp3) is 0.625. The number of nitrogens with one attached hydrogen (secondary N) is 1. The summed E-state index contributed by atoms with van der Waals surface area (Å²) in [5.41, 5.74) is 2.31. The van der Waals surface area contributed by atoms with Crippen LogP contribution in [0.25, 0.3) is 0 Å². The summed E-state index contributed by atoms with van der Waals surface area (Å²) in [5.74, 6) is 1.89. The molecule has 1 saturated heterocycles. The molecule has 0 radical (unpaired) electrons. The van der Waals surface area contributed by atoms with Crippen LogP contribution in [0.5, 0.6) is 0 Å². The summed E-state index contributed by atoms with van der Waals surface area (Å²) in [5, 5.41) is 15.1. The van der Waals surface area contributed by atoms with E-state index in [2.05, 4.69) is 20.4 Å². The van der Waals surface area contributed by atoms with Crippen LogP contribution in [0.2, 0.25) is 0 Å². The number of aromatic amines is 1. The first-order valence-corrected chi connectivity index (χ1v) is 8.14. The largest absolute Gasteiger partial charge is 0.425 e. The molecule has 7 nitrogen and oxygen atoms in total. The number of carbonyl (C=O) groups is 1. The number of hydrogen-bond acceptors (Lipinski definition) is 5. The summed E-state index contributed by atoms with van der Waals surface area (Å²) >= 11 is 0. The Hall–Kier alpha value is -2.18. The summed E-state index contributed by atoms with van der Waals surface area (Å²) in [6.45, 7) is 7.60. The number of likely N-dealkylation sites (tertiary alicyclic amines) is 1. The third-order valence-electron chi connectivity index (χ3n) is 4.35. The molecule has 0 unspecified atom stereocenters. The molecule has 1 amide bonds. The van der Waals surface area contributed by atoms with Crippen molar-refractivity contribution < 1.29 is 9.21 Å². The van der Waals surface area contributed by atoms with Gasteiger partial charge in [-0.25, -0.2) is 0 Å². The number of hydrogen-bond donors (Lipinski definition) is 1. The van der Waals surface area contributed by atoms with Gasteiger partial charge in [0.2, 0.25) is 17.7 Å². The fourth-order valence-corrected chi connectivity index (χ4v) is 2.96. The lowest BCUT2D eigenvalue weighted by Gasteiger charge is -2.16. The van der Waals surface area contributed by atoms with E-state index in [1.54, 1.807) is 0 Å². The van der Waals surface area contributed by atoms with Gasteiger partial charge in [0.1, 0.15) is 0 Å². The number of aromatic nitrogens is 4. The first-order valence-electron chi connectivity index (χ1n) is 8.14. The highest BCUT2D eigenvalue weighted by Gasteiger charge is 2.29. The molecule has 0 bridgehead atoms. The molecule has 1 atom stereocenters. The average molecular weight is 317 g/mol. The molecule has 1 aliphatic rings. The highest BCUT2D eigenvalue weighted by atomic mass is 16.4. The summed E-state index contributed by atoms with van der Waals surface area (Å²) in [6.07, 6.45) is 3.73. The number of amides is 1. The van der Waals surface area contributed by atoms with Crippen molar-refractivity contribution in [3.63, 3.8) is 0 Å². The van der Waals surface area contributed by atoms with Gasteiger partial charge in [-0.3, -0.25) is 9.89 Å². The van der Waals surface area contributed by atoms with Gasteiger partial charge in [-0.2, -0.15) is 5.10 Å². The van der Waals surface area contributed by atoms with Crippen LogP contribution in [0.4, 0.5) is 0 Å². The molecule has 3 rings (SSSR count). The zero-order valence-electron chi connectivity index (χ0n) is 13.9. The SMILES string of the molecule is Cc1cn[nH]c1[C@H]1CCN(C(=O)CCc2nnc(C(C)C)o2)C1. The standard InChI is InChI=1S/C16H23N5O2/c1-10(2)16-20-18-13(23-16)4-5-14(22)21-7-6-12(9-21)15-11(3)8-17-19-15/h8,10,12H,4-7,9H2,1-3H3,(H,17,19)/t12-/m0/s1. The summed E-state index contributed by atoms with van der Waals surface area (Å²) in [7, 11) is 0. The number of carbonyl (C=O) groups excluding carboxylic acids is 1. The Morgan fingerprint density at radius 1 is 1.48 bits per heavy atom. The topological polar surface area (TPSA) is 87.9 Å². The number of rotatable bonds is 5. The molecule has 0 aromatic carbocycles. The molecule has 1 N–H and O–H groups in total. The van der Waals surface area contributed by atoms with Gasteiger partial charge in [0.05, 0.1) is 6.20 Å². The molecular formula is C16H23N5O2. The van der Waals surface area contributed by atoms with Crippen LogP contribution in [-0.2, 0) is 11.2 Å². The zero-order valence-corrected chi connectivity index (χ0v) is 13.9. The third-order valence-corrected chi connectivity index (χ3v) is 4.35. The van der Waals surface area contributed by atoms with E-state index in [4.69, 9.17) is 4.42 Å². The molecule has 1 fully saturated rings. The normalized spacial score (nSPS) is 18.1. The molecule has 1 aliphatic heterocycles. The van der Waals surface area contributed by atoms with Crippen LogP contribution in [0, 0.1) is 6.92 Å². The van der Waals surface area contributed by atoms with Crippen LogP contribution in [0.1, 0.15) is 61.6 Å². The van der Waals surface area contributed by atoms with E-state index in [1.165, 1.54) is 0 Å². The van der Waals surface area contributed by atoms with Gasteiger partial charge in [0.25, 0.3) is 0 Å². The summed E-state index contributed by atoms with van der Waals surface area (Å²) in [6, 6.07) is 0. The van der Waals surface area contributed by atoms with Crippen LogP contribution in [0.15, 0.2) is 10.6 Å². The van der Waals surface area contributed by atoms with E-state index in [0.29, 0.717) is 30.5 Å². The van der Waals surface area contributed by atoms with Crippen molar-refractivity contribution in [3.05, 3.63) is 29.2 Å². The number of nitrogens with zero attached hydrogens (tertiary/aromatic N) is 4. The van der Waals surface area contributed by atoms with E-state index in [-0.39, 0.29) is 11.8 Å². The second-order valence-electron chi connectivity index (χ2n) is 6.48. The Labute approximate surface area is 135 Å². The molecule has 7 heteroatoms. The molecule has 124 valence electrons. The predicted molar refractivity (Wildman–Crippen MR) is 84.0 cm³/mol. The Morgan fingerprint density at radius 3 is 2.96 bits per heavy atom. The maximum atomic E-state index is 12.4. The monoisotopic (exact) mass is 317 g/mol. The smallest absolute Gasteiger partial charge is 0.223 e. The quantitative estimate of drug-likeness (QED) is 0.913. The van der Waals surface area contributed by atoms with Crippen molar-refractivity contribution in [1.82, 2.24) is 25.3 Å². The van der Waals surface area contributed by atoms with E-state index >= 15 is 0 Å². The molecule has 2 aromatic heterocycles. The highest BCUT2D eigenvalue weighted by Crippen LogP contribution is 2.28. The Bertz CT molecular complexity index is 676. The van der Waals surface area contributed by atoms with Gasteiger partial charge in [-0.15, -0.1) is 10.2 Å². The maximum absolute atomic E-state index is 12.4. The van der Waals surface area contributed by atoms with E-state index < -0.39 is 0 Å². The van der Waals surface area contributed by atoms with Crippen molar-refractivity contribution >= 4 is 5.91 Å². The average Bonchev–Trinajstić information content (AvgIpc) is 3.24. The molecular weight excluding hydrogens is 294 g/mol. The van der Waals surface area contributed by atoms with Gasteiger partial charge >= 0.3 is 0 Å². The molecule has 0 spiro atoms. The maximum Gasteiger partial charge on any atom is 0.223 e. The van der Waals surface area contributed by atoms with E-state index in [9.17, 15) is 4.79 Å². The van der Waals surface area contributed by atoms with Crippen LogP contribution < -0.4 is 0 Å². The minimum absolute atomic E-state index is 0.147. The van der Waals surface area contributed by atoms with E-state index in [0.717, 1.165) is 30.8 Å². The van der Waals surface area contributed by atoms with Crippen LogP contribution in [0.3, 0.4) is 0 Å². The Kier molecular flexibility index (Phi) is 4.45. The predicted octanol–water partition coefficient (Wildman–Crippen LogP) is 2.17. The minimum Gasteiger partial charge on any atom is -0.425 e. The molecule has 3 heterocycles. The second kappa shape index (κ2) is 6.52. The number of H-pyrrole nitrogens is 1. The van der Waals surface area contributed by atoms with Gasteiger partial charge < -0.3 is 9.32 Å². The van der Waals surface area contributed by atoms with Gasteiger partial charge in [0, 0.05) is 43.5 Å². The highest BCUT2D eigenvalue weighted by molar-refractivity contribution is 5.76. The van der Waals surface area contributed by atoms with E-state index in [1.807, 2.05) is 31.9 Å². The molecule has 0 saturated carbocycles. The zero-order chi connectivity index (χ0) is 16.4. The first-order chi connectivity index (χ1) is 11.0. The van der Waals surface area contributed by atoms with Gasteiger partial charge in [-0.1, -0.05) is 13.8 Å². The minimum atomic E-state index is 0.147. The van der Waals surface area contributed by atoms with Crippen molar-refractivity contribution in [2.24, 2.45) is 0 Å². The lowest BCUT2D eigenvalue weighted by molar-refractivity contribution is -0.130. The molecule has 0 aliphatic carbocycles. The van der Waals surface area contributed by atoms with Gasteiger partial charge in [-0.05, 0) is 18.9 Å². The third kappa shape index (κ3) is 3.43. The molecule has 23 heavy (non-hydrogen) atoms. The summed E-state index contributed by atoms with van der Waals surface area (Å²) < 4.78 is 5.55. The van der Waals surface area contributed by atoms with Crippen molar-refractivity contribution in [2.75, 3.05) is 13.1 Å². The Balaban J connectivity index is 1.52. The van der Waals surface area contributed by atoms with Crippen molar-refractivity contribution in [3.8, 4) is 0 Å².